The minimum atomic E-state index is -4.54. The highest BCUT2D eigenvalue weighted by atomic mass is 32.1. The molecule has 0 aliphatic carbocycles. The minimum absolute atomic E-state index is 0.0778. The number of hydrogen-bond donors (Lipinski definition) is 2. The summed E-state index contributed by atoms with van der Waals surface area (Å²) in [7, 11) is 0. The van der Waals surface area contributed by atoms with Crippen LogP contribution in [0.4, 0.5) is 18.9 Å². The van der Waals surface area contributed by atoms with Gasteiger partial charge in [0, 0.05) is 5.39 Å². The molecule has 0 atom stereocenters. The topological polar surface area (TPSA) is 68.0 Å². The summed E-state index contributed by atoms with van der Waals surface area (Å²) < 4.78 is 37.8. The van der Waals surface area contributed by atoms with Crippen molar-refractivity contribution in [2.45, 2.75) is 13.1 Å². The van der Waals surface area contributed by atoms with Crippen molar-refractivity contribution in [3.8, 4) is 11.8 Å². The molecule has 3 N–H and O–H groups in total. The lowest BCUT2D eigenvalue weighted by Crippen LogP contribution is -2.23. The molecule has 0 saturated heterocycles. The number of hydrogen-bond acceptors (Lipinski definition) is 4. The van der Waals surface area contributed by atoms with E-state index in [2.05, 4.69) is 22.1 Å². The normalized spacial score (nSPS) is 11.0. The summed E-state index contributed by atoms with van der Waals surface area (Å²) in [5.41, 5.74) is 4.91. The Labute approximate surface area is 122 Å². The van der Waals surface area contributed by atoms with Gasteiger partial charge in [0.05, 0.1) is 12.2 Å². The predicted molar refractivity (Wildman–Crippen MR) is 74.8 cm³/mol. The van der Waals surface area contributed by atoms with Gasteiger partial charge in [0.15, 0.2) is 0 Å². The molecular formula is C13H10F3N3OS. The molecule has 0 aliphatic heterocycles. The molecule has 0 saturated carbocycles. The molecule has 0 spiro atoms. The fraction of sp³-hybridized carbons (Fsp3) is 0.231. The molecule has 2 aromatic heterocycles. The quantitative estimate of drug-likeness (QED) is 0.838. The average molecular weight is 313 g/mol. The molecule has 0 fully saturated rings. The molecular weight excluding hydrogens is 303 g/mol. The van der Waals surface area contributed by atoms with E-state index in [-0.39, 0.29) is 21.9 Å². The number of thiophene rings is 1. The van der Waals surface area contributed by atoms with Crippen LogP contribution in [0.25, 0.3) is 10.2 Å². The number of aromatic nitrogens is 1. The Morgan fingerprint density at radius 1 is 1.48 bits per heavy atom. The van der Waals surface area contributed by atoms with E-state index in [1.54, 1.807) is 6.92 Å². The number of fused-ring (bicyclic) bond motifs is 1. The van der Waals surface area contributed by atoms with Gasteiger partial charge in [-0.05, 0) is 19.1 Å². The Morgan fingerprint density at radius 2 is 2.19 bits per heavy atom. The Bertz CT molecular complexity index is 756. The molecule has 2 rings (SSSR count). The zero-order valence-electron chi connectivity index (χ0n) is 10.8. The summed E-state index contributed by atoms with van der Waals surface area (Å²) in [6.45, 7) is 1.77. The van der Waals surface area contributed by atoms with Crippen LogP contribution >= 0.6 is 11.3 Å². The average Bonchev–Trinajstić information content (AvgIpc) is 2.75. The fourth-order valence-electron chi connectivity index (χ4n) is 1.62. The number of nitrogens with zero attached hydrogens (tertiary/aromatic N) is 1. The second kappa shape index (κ2) is 5.61. The first kappa shape index (κ1) is 15.1. The maximum absolute atomic E-state index is 12.6. The van der Waals surface area contributed by atoms with Crippen LogP contribution in [0, 0.1) is 11.8 Å². The van der Waals surface area contributed by atoms with E-state index in [1.807, 2.05) is 0 Å². The molecule has 110 valence electrons. The Morgan fingerprint density at radius 3 is 2.81 bits per heavy atom. The largest absolute Gasteiger partial charge is 0.433 e. The van der Waals surface area contributed by atoms with Crippen molar-refractivity contribution in [2.24, 2.45) is 0 Å². The van der Waals surface area contributed by atoms with E-state index in [0.29, 0.717) is 5.39 Å². The first-order valence-electron chi connectivity index (χ1n) is 5.78. The lowest BCUT2D eigenvalue weighted by atomic mass is 10.2. The zero-order chi connectivity index (χ0) is 15.6. The molecule has 0 unspecified atom stereocenters. The second-order valence-electron chi connectivity index (χ2n) is 4.00. The lowest BCUT2D eigenvalue weighted by molar-refractivity contribution is -0.140. The van der Waals surface area contributed by atoms with Crippen LogP contribution in [-0.4, -0.2) is 17.4 Å². The molecule has 21 heavy (non-hydrogen) atoms. The molecule has 0 radical (unpaired) electrons. The molecule has 0 aliphatic rings. The zero-order valence-corrected chi connectivity index (χ0v) is 11.7. The molecule has 8 heteroatoms. The number of rotatable bonds is 2. The number of alkyl halides is 3. The smallest absolute Gasteiger partial charge is 0.397 e. The fourth-order valence-corrected chi connectivity index (χ4v) is 2.63. The summed E-state index contributed by atoms with van der Waals surface area (Å²) in [5, 5.41) is 2.85. The summed E-state index contributed by atoms with van der Waals surface area (Å²) in [4.78, 5) is 15.6. The molecule has 2 heterocycles. The van der Waals surface area contributed by atoms with Crippen molar-refractivity contribution in [1.82, 2.24) is 10.3 Å². The number of carbonyl (C=O) groups is 1. The highest BCUT2D eigenvalue weighted by Crippen LogP contribution is 2.35. The van der Waals surface area contributed by atoms with Crippen LogP contribution in [0.5, 0.6) is 0 Å². The number of amides is 1. The number of nitrogens with one attached hydrogen (secondary N) is 1. The van der Waals surface area contributed by atoms with E-state index < -0.39 is 17.8 Å². The predicted octanol–water partition coefficient (Wildman–Crippen LogP) is 2.65. The molecule has 0 bridgehead atoms. The Hall–Kier alpha value is -2.27. The standard InChI is InChI=1S/C13H10F3N3OS/c1-2-3-6-18-11(20)10-9(17)7-4-5-8(13(14,15)16)19-12(7)21-10/h4-5H,6,17H2,1H3,(H,18,20). The van der Waals surface area contributed by atoms with Gasteiger partial charge in [-0.1, -0.05) is 5.92 Å². The minimum Gasteiger partial charge on any atom is -0.397 e. The van der Waals surface area contributed by atoms with Crippen LogP contribution in [0.15, 0.2) is 12.1 Å². The van der Waals surface area contributed by atoms with E-state index >= 15 is 0 Å². The van der Waals surface area contributed by atoms with Crippen LogP contribution in [0.2, 0.25) is 0 Å². The monoisotopic (exact) mass is 313 g/mol. The van der Waals surface area contributed by atoms with E-state index in [4.69, 9.17) is 5.73 Å². The number of carbonyl (C=O) groups excluding carboxylic acids is 1. The summed E-state index contributed by atoms with van der Waals surface area (Å²) in [6, 6.07) is 2.06. The number of nitrogen functional groups attached to an aromatic ring is 1. The van der Waals surface area contributed by atoms with Crippen molar-refractivity contribution < 1.29 is 18.0 Å². The van der Waals surface area contributed by atoms with Crippen molar-refractivity contribution >= 4 is 33.1 Å². The van der Waals surface area contributed by atoms with Gasteiger partial charge in [-0.25, -0.2) is 4.98 Å². The van der Waals surface area contributed by atoms with E-state index in [1.165, 1.54) is 6.07 Å². The van der Waals surface area contributed by atoms with Gasteiger partial charge in [-0.15, -0.1) is 17.3 Å². The van der Waals surface area contributed by atoms with Crippen LogP contribution in [-0.2, 0) is 6.18 Å². The van der Waals surface area contributed by atoms with Gasteiger partial charge in [0.2, 0.25) is 0 Å². The van der Waals surface area contributed by atoms with E-state index in [0.717, 1.165) is 17.4 Å². The summed E-state index contributed by atoms with van der Waals surface area (Å²) in [5.74, 6) is 4.78. The maximum Gasteiger partial charge on any atom is 0.433 e. The van der Waals surface area contributed by atoms with Crippen LogP contribution < -0.4 is 11.1 Å². The summed E-state index contributed by atoms with van der Waals surface area (Å²) >= 11 is 0.824. The highest BCUT2D eigenvalue weighted by Gasteiger charge is 2.33. The second-order valence-corrected chi connectivity index (χ2v) is 5.00. The van der Waals surface area contributed by atoms with Crippen molar-refractivity contribution in [1.29, 1.82) is 0 Å². The van der Waals surface area contributed by atoms with Crippen molar-refractivity contribution in [3.63, 3.8) is 0 Å². The first-order valence-corrected chi connectivity index (χ1v) is 6.60. The lowest BCUT2D eigenvalue weighted by Gasteiger charge is -2.04. The SMILES string of the molecule is CC#CCNC(=O)c1sc2nc(C(F)(F)F)ccc2c1N. The molecule has 2 aromatic rings. The Kier molecular flexibility index (Phi) is 4.04. The maximum atomic E-state index is 12.6. The molecule has 0 aromatic carbocycles. The molecule has 1 amide bonds. The van der Waals surface area contributed by atoms with Gasteiger partial charge in [-0.2, -0.15) is 13.2 Å². The van der Waals surface area contributed by atoms with E-state index in [9.17, 15) is 18.0 Å². The van der Waals surface area contributed by atoms with Crippen molar-refractivity contribution in [2.75, 3.05) is 12.3 Å². The number of pyridine rings is 1. The highest BCUT2D eigenvalue weighted by molar-refractivity contribution is 7.21. The third-order valence-electron chi connectivity index (χ3n) is 2.60. The number of anilines is 1. The van der Waals surface area contributed by atoms with Crippen LogP contribution in [0.3, 0.4) is 0 Å². The van der Waals surface area contributed by atoms with Gasteiger partial charge in [0.1, 0.15) is 15.4 Å². The van der Waals surface area contributed by atoms with Crippen LogP contribution in [0.1, 0.15) is 22.3 Å². The van der Waals surface area contributed by atoms with Gasteiger partial charge in [-0.3, -0.25) is 4.79 Å². The number of halogens is 3. The first-order chi connectivity index (χ1) is 9.84. The van der Waals surface area contributed by atoms with Gasteiger partial charge in [0.25, 0.3) is 5.91 Å². The van der Waals surface area contributed by atoms with Gasteiger partial charge < -0.3 is 11.1 Å². The molecule has 4 nitrogen and oxygen atoms in total. The van der Waals surface area contributed by atoms with Gasteiger partial charge >= 0.3 is 6.18 Å². The number of nitrogens with two attached hydrogens (primary N) is 1. The Balaban J connectivity index is 2.40. The summed E-state index contributed by atoms with van der Waals surface area (Å²) in [6.07, 6.45) is -4.54. The third kappa shape index (κ3) is 3.08. The third-order valence-corrected chi connectivity index (χ3v) is 3.72. The van der Waals surface area contributed by atoms with Crippen molar-refractivity contribution in [3.05, 3.63) is 22.7 Å².